The van der Waals surface area contributed by atoms with Gasteiger partial charge in [-0.05, 0) is 58.0 Å². The van der Waals surface area contributed by atoms with Crippen molar-refractivity contribution in [1.29, 1.82) is 0 Å². The summed E-state index contributed by atoms with van der Waals surface area (Å²) in [6.07, 6.45) is 2.86. The Morgan fingerprint density at radius 3 is 2.08 bits per heavy atom. The molecular weight excluding hydrogens is 565 g/mol. The topological polar surface area (TPSA) is 55.8 Å². The van der Waals surface area contributed by atoms with Crippen LogP contribution in [0.2, 0.25) is 0 Å². The first-order valence-electron chi connectivity index (χ1n) is 12.8. The molecule has 3 aromatic rings. The van der Waals surface area contributed by atoms with Gasteiger partial charge in [-0.3, -0.25) is 0 Å². The van der Waals surface area contributed by atoms with Gasteiger partial charge < -0.3 is 19.1 Å². The van der Waals surface area contributed by atoms with Gasteiger partial charge in [-0.1, -0.05) is 60.7 Å². The van der Waals surface area contributed by atoms with Gasteiger partial charge in [-0.15, -0.1) is 0 Å². The van der Waals surface area contributed by atoms with Crippen LogP contribution in [0.5, 0.6) is 5.75 Å². The molecule has 0 saturated carbocycles. The van der Waals surface area contributed by atoms with Crippen LogP contribution in [0.1, 0.15) is 30.4 Å². The molecule has 3 aromatic carbocycles. The Balaban J connectivity index is 1.25. The van der Waals surface area contributed by atoms with E-state index in [4.69, 9.17) is 9.47 Å². The lowest BCUT2D eigenvalue weighted by atomic mass is 9.82. The second-order valence-electron chi connectivity index (χ2n) is 10.1. The summed E-state index contributed by atoms with van der Waals surface area (Å²) in [6, 6.07) is 26.4. The molecule has 0 aliphatic carbocycles. The molecule has 2 bridgehead atoms. The summed E-state index contributed by atoms with van der Waals surface area (Å²) < 4.78 is 14.3. The maximum absolute atomic E-state index is 13.7. The molecule has 3 aliphatic rings. The van der Waals surface area contributed by atoms with Gasteiger partial charge in [-0.25, -0.2) is 4.79 Å². The fraction of sp³-hybridized carbons (Fsp3) is 0.367. The molecule has 1 N–H and O–H groups in total. The highest BCUT2D eigenvalue weighted by Gasteiger charge is 2.50. The predicted molar refractivity (Wildman–Crippen MR) is 147 cm³/mol. The number of esters is 1. The highest BCUT2D eigenvalue weighted by Crippen LogP contribution is 2.38. The molecule has 36 heavy (non-hydrogen) atoms. The predicted octanol–water partition coefficient (Wildman–Crippen LogP) is 5.15. The van der Waals surface area contributed by atoms with Gasteiger partial charge in [0.15, 0.2) is 6.10 Å². The Kier molecular flexibility index (Phi) is 7.65. The zero-order valence-corrected chi connectivity index (χ0v) is 22.5. The van der Waals surface area contributed by atoms with Gasteiger partial charge in [-0.2, -0.15) is 0 Å². The van der Waals surface area contributed by atoms with Gasteiger partial charge >= 0.3 is 5.97 Å². The van der Waals surface area contributed by atoms with Crippen LogP contribution in [-0.4, -0.2) is 54.4 Å². The second kappa shape index (κ2) is 10.9. The standard InChI is InChI=1S/C30H33INO4/c31-26-12-14-27(15-13-26)35-21-7-18-32-19-16-23(17-20-32)28(22-32)36-29(33)30(34,24-8-3-1-4-9-24)25-10-5-2-6-11-25/h1-6,8-15,23,28,34H,7,16-22H2/q+1. The molecule has 5 nitrogen and oxygen atoms in total. The minimum atomic E-state index is -1.83. The molecule has 3 heterocycles. The van der Waals surface area contributed by atoms with E-state index < -0.39 is 11.6 Å². The number of hydrogen-bond donors (Lipinski definition) is 1. The molecule has 0 spiro atoms. The summed E-state index contributed by atoms with van der Waals surface area (Å²) in [5.41, 5.74) is -0.779. The minimum Gasteiger partial charge on any atom is -0.493 e. The van der Waals surface area contributed by atoms with E-state index >= 15 is 0 Å². The van der Waals surface area contributed by atoms with Crippen molar-refractivity contribution in [2.75, 3.05) is 32.8 Å². The van der Waals surface area contributed by atoms with Crippen molar-refractivity contribution in [3.8, 4) is 5.75 Å². The molecule has 1 atom stereocenters. The summed E-state index contributed by atoms with van der Waals surface area (Å²) in [5, 5.41) is 11.8. The van der Waals surface area contributed by atoms with E-state index in [-0.39, 0.29) is 6.10 Å². The largest absolute Gasteiger partial charge is 0.493 e. The van der Waals surface area contributed by atoms with Crippen molar-refractivity contribution in [3.63, 3.8) is 0 Å². The highest BCUT2D eigenvalue weighted by atomic mass is 127. The smallest absolute Gasteiger partial charge is 0.348 e. The van der Waals surface area contributed by atoms with Crippen LogP contribution in [-0.2, 0) is 15.1 Å². The van der Waals surface area contributed by atoms with Crippen molar-refractivity contribution in [2.45, 2.75) is 31.0 Å². The molecule has 188 valence electrons. The van der Waals surface area contributed by atoms with Crippen LogP contribution in [0.3, 0.4) is 0 Å². The van der Waals surface area contributed by atoms with Crippen LogP contribution in [0, 0.1) is 9.49 Å². The summed E-state index contributed by atoms with van der Waals surface area (Å²) in [6.45, 7) is 4.72. The first-order chi connectivity index (χ1) is 17.5. The second-order valence-corrected chi connectivity index (χ2v) is 11.3. The maximum atomic E-state index is 13.7. The van der Waals surface area contributed by atoms with Crippen LogP contribution >= 0.6 is 22.6 Å². The number of aliphatic hydroxyl groups is 1. The molecule has 1 unspecified atom stereocenters. The van der Waals surface area contributed by atoms with Crippen molar-refractivity contribution >= 4 is 28.6 Å². The molecule has 3 aliphatic heterocycles. The third-order valence-electron chi connectivity index (χ3n) is 7.84. The Morgan fingerprint density at radius 1 is 0.917 bits per heavy atom. The first-order valence-corrected chi connectivity index (χ1v) is 13.8. The van der Waals surface area contributed by atoms with E-state index in [9.17, 15) is 9.90 Å². The summed E-state index contributed by atoms with van der Waals surface area (Å²) >= 11 is 2.29. The van der Waals surface area contributed by atoms with Crippen molar-refractivity contribution in [2.24, 2.45) is 5.92 Å². The number of piperidine rings is 3. The molecular formula is C30H33INO4+. The zero-order chi connectivity index (χ0) is 25.0. The van der Waals surface area contributed by atoms with Crippen LogP contribution in [0.25, 0.3) is 0 Å². The lowest BCUT2D eigenvalue weighted by molar-refractivity contribution is -0.946. The summed E-state index contributed by atoms with van der Waals surface area (Å²) in [7, 11) is 0. The van der Waals surface area contributed by atoms with E-state index in [1.807, 2.05) is 48.5 Å². The Bertz CT molecular complexity index is 1110. The number of rotatable bonds is 9. The van der Waals surface area contributed by atoms with Gasteiger partial charge in [0.25, 0.3) is 0 Å². The zero-order valence-electron chi connectivity index (χ0n) is 20.4. The van der Waals surface area contributed by atoms with Gasteiger partial charge in [0, 0.05) is 28.8 Å². The first kappa shape index (κ1) is 25.2. The Hall–Kier alpha value is -2.42. The number of quaternary nitrogens is 1. The van der Waals surface area contributed by atoms with Gasteiger partial charge in [0.1, 0.15) is 12.3 Å². The Morgan fingerprint density at radius 2 is 1.50 bits per heavy atom. The molecule has 6 heteroatoms. The summed E-state index contributed by atoms with van der Waals surface area (Å²) in [5.74, 6) is 0.673. The van der Waals surface area contributed by atoms with Crippen LogP contribution in [0.15, 0.2) is 84.9 Å². The normalized spacial score (nSPS) is 23.3. The molecule has 0 radical (unpaired) electrons. The minimum absolute atomic E-state index is 0.184. The molecule has 3 fully saturated rings. The number of halogens is 1. The van der Waals surface area contributed by atoms with E-state index in [1.54, 1.807) is 24.3 Å². The molecule has 3 saturated heterocycles. The lowest BCUT2D eigenvalue weighted by Crippen LogP contribution is -2.65. The van der Waals surface area contributed by atoms with Crippen molar-refractivity contribution < 1.29 is 23.9 Å². The molecule has 0 amide bonds. The third-order valence-corrected chi connectivity index (χ3v) is 8.56. The van der Waals surface area contributed by atoms with E-state index in [0.717, 1.165) is 55.7 Å². The lowest BCUT2D eigenvalue weighted by Gasteiger charge is -2.52. The fourth-order valence-corrected chi connectivity index (χ4v) is 6.13. The van der Waals surface area contributed by atoms with Gasteiger partial charge in [0.05, 0.1) is 26.2 Å². The SMILES string of the molecule is O=C(OC1C[N+]2(CCCOc3ccc(I)cc3)CCC1CC2)C(O)(c1ccccc1)c1ccccc1. The van der Waals surface area contributed by atoms with E-state index in [2.05, 4.69) is 34.7 Å². The number of nitrogens with zero attached hydrogens (tertiary/aromatic N) is 1. The maximum Gasteiger partial charge on any atom is 0.348 e. The number of carbonyl (C=O) groups is 1. The molecule has 0 aromatic heterocycles. The van der Waals surface area contributed by atoms with Crippen LogP contribution in [0.4, 0.5) is 0 Å². The van der Waals surface area contributed by atoms with Crippen molar-refractivity contribution in [1.82, 2.24) is 0 Å². The third kappa shape index (κ3) is 5.31. The van der Waals surface area contributed by atoms with E-state index in [0.29, 0.717) is 23.7 Å². The molecule has 6 rings (SSSR count). The number of ether oxygens (including phenoxy) is 2. The Labute approximate surface area is 226 Å². The number of hydrogen-bond acceptors (Lipinski definition) is 4. The average molecular weight is 599 g/mol. The monoisotopic (exact) mass is 598 g/mol. The van der Waals surface area contributed by atoms with Gasteiger partial charge in [0.2, 0.25) is 5.60 Å². The fourth-order valence-electron chi connectivity index (χ4n) is 5.77. The number of benzene rings is 3. The average Bonchev–Trinajstić information content (AvgIpc) is 2.93. The quantitative estimate of drug-likeness (QED) is 0.160. The van der Waals surface area contributed by atoms with E-state index in [1.165, 1.54) is 3.57 Å². The van der Waals surface area contributed by atoms with Crippen LogP contribution < -0.4 is 4.74 Å². The number of carbonyl (C=O) groups excluding carboxylic acids is 1. The summed E-state index contributed by atoms with van der Waals surface area (Å²) in [4.78, 5) is 13.7. The van der Waals surface area contributed by atoms with Crippen molar-refractivity contribution in [3.05, 3.63) is 99.6 Å². The highest BCUT2D eigenvalue weighted by molar-refractivity contribution is 14.1. The number of fused-ring (bicyclic) bond motifs is 3.